The first kappa shape index (κ1) is 31.3. The summed E-state index contributed by atoms with van der Waals surface area (Å²) in [6.45, 7) is 0.479. The molecule has 3 aromatic carbocycles. The molecule has 1 aliphatic rings. The maximum Gasteiger partial charge on any atom is 0.264 e. The van der Waals surface area contributed by atoms with Gasteiger partial charge in [0.1, 0.15) is 23.8 Å². The van der Waals surface area contributed by atoms with Crippen LogP contribution in [0.1, 0.15) is 18.4 Å². The number of ether oxygens (including phenoxy) is 4. The number of nitrogens with zero attached hydrogens (tertiary/aromatic N) is 2. The van der Waals surface area contributed by atoms with Crippen molar-refractivity contribution in [2.45, 2.75) is 23.8 Å². The van der Waals surface area contributed by atoms with Gasteiger partial charge in [-0.25, -0.2) is 13.8 Å². The third-order valence-corrected chi connectivity index (χ3v) is 8.25. The van der Waals surface area contributed by atoms with Crippen LogP contribution >= 0.6 is 0 Å². The van der Waals surface area contributed by atoms with Crippen molar-refractivity contribution in [3.8, 4) is 17.2 Å². The summed E-state index contributed by atoms with van der Waals surface area (Å²) in [5, 5.41) is 6.76. The Labute approximate surface area is 250 Å². The minimum absolute atomic E-state index is 0.00112. The number of carbonyl (C=O) groups is 2. The number of amides is 2. The van der Waals surface area contributed by atoms with Gasteiger partial charge in [-0.3, -0.25) is 13.9 Å². The lowest BCUT2D eigenvalue weighted by Crippen LogP contribution is -2.39. The van der Waals surface area contributed by atoms with Crippen LogP contribution in [0.5, 0.6) is 17.2 Å². The number of anilines is 1. The van der Waals surface area contributed by atoms with Crippen LogP contribution in [0.15, 0.2) is 82.8 Å². The highest BCUT2D eigenvalue weighted by atomic mass is 32.2. The van der Waals surface area contributed by atoms with E-state index in [1.165, 1.54) is 38.6 Å². The molecule has 0 bridgehead atoms. The fourth-order valence-electron chi connectivity index (χ4n) is 4.24. The lowest BCUT2D eigenvalue weighted by Gasteiger charge is -2.25. The summed E-state index contributed by atoms with van der Waals surface area (Å²) >= 11 is 0. The standard InChI is InChI=1S/C30H34N4O8S/c1-39-24-14-15-28(40-2)27(17-24)34(43(37,38)26-8-4-3-5-9-26)20-29(35)33-32-18-22-10-12-23(13-11-22)42-21-30(36)31-19-25-7-6-16-41-25/h3-5,8-15,17-18,25H,6-7,16,19-21H2,1-2H3,(H,31,36)(H,33,35)/b32-18-/t25-/m1/s1. The number of sulfonamides is 1. The molecule has 1 aliphatic heterocycles. The first-order chi connectivity index (χ1) is 20.8. The molecule has 2 N–H and O–H groups in total. The van der Waals surface area contributed by atoms with Crippen LogP contribution in [0.2, 0.25) is 0 Å². The maximum absolute atomic E-state index is 13.6. The summed E-state index contributed by atoms with van der Waals surface area (Å²) in [7, 11) is -1.32. The minimum atomic E-state index is -4.17. The second-order valence-electron chi connectivity index (χ2n) is 9.45. The van der Waals surface area contributed by atoms with Gasteiger partial charge in [-0.15, -0.1) is 0 Å². The average molecular weight is 611 g/mol. The lowest BCUT2D eigenvalue weighted by molar-refractivity contribution is -0.123. The maximum atomic E-state index is 13.6. The van der Waals surface area contributed by atoms with Gasteiger partial charge >= 0.3 is 0 Å². The van der Waals surface area contributed by atoms with Crippen LogP contribution in [0.3, 0.4) is 0 Å². The topological polar surface area (TPSA) is 145 Å². The molecule has 1 heterocycles. The van der Waals surface area contributed by atoms with Gasteiger partial charge in [0.15, 0.2) is 6.61 Å². The number of nitrogens with one attached hydrogen (secondary N) is 2. The predicted molar refractivity (Wildman–Crippen MR) is 160 cm³/mol. The van der Waals surface area contributed by atoms with Crippen molar-refractivity contribution in [1.29, 1.82) is 0 Å². The number of carbonyl (C=O) groups excluding carboxylic acids is 2. The van der Waals surface area contributed by atoms with E-state index in [0.29, 0.717) is 23.6 Å². The van der Waals surface area contributed by atoms with E-state index in [1.807, 2.05) is 0 Å². The lowest BCUT2D eigenvalue weighted by atomic mass is 10.2. The van der Waals surface area contributed by atoms with E-state index in [-0.39, 0.29) is 35.0 Å². The third kappa shape index (κ3) is 8.69. The van der Waals surface area contributed by atoms with Crippen molar-refractivity contribution >= 4 is 33.7 Å². The Hall–Kier alpha value is -4.62. The van der Waals surface area contributed by atoms with Gasteiger partial charge in [-0.2, -0.15) is 5.10 Å². The van der Waals surface area contributed by atoms with Crippen molar-refractivity contribution in [1.82, 2.24) is 10.7 Å². The molecule has 0 saturated carbocycles. The van der Waals surface area contributed by atoms with Crippen LogP contribution in [0.4, 0.5) is 5.69 Å². The van der Waals surface area contributed by atoms with Crippen LogP contribution in [0, 0.1) is 0 Å². The summed E-state index contributed by atoms with van der Waals surface area (Å²) in [4.78, 5) is 24.9. The van der Waals surface area contributed by atoms with Gasteiger partial charge in [0.05, 0.1) is 37.1 Å². The highest BCUT2D eigenvalue weighted by molar-refractivity contribution is 7.92. The zero-order valence-electron chi connectivity index (χ0n) is 23.9. The number of hydrogen-bond acceptors (Lipinski definition) is 9. The van der Waals surface area contributed by atoms with E-state index in [1.54, 1.807) is 54.6 Å². The second-order valence-corrected chi connectivity index (χ2v) is 11.3. The molecule has 0 aliphatic carbocycles. The van der Waals surface area contributed by atoms with Crippen LogP contribution in [-0.2, 0) is 24.3 Å². The molecule has 1 fully saturated rings. The Morgan fingerprint density at radius 1 is 1.00 bits per heavy atom. The summed E-state index contributed by atoms with van der Waals surface area (Å²) in [5.41, 5.74) is 3.13. The van der Waals surface area contributed by atoms with Gasteiger partial charge in [0.25, 0.3) is 21.8 Å². The normalized spacial score (nSPS) is 14.7. The SMILES string of the molecule is COc1ccc(OC)c(N(CC(=O)N/N=C\c2ccc(OCC(=O)NC[C@H]3CCCO3)cc2)S(=O)(=O)c2ccccc2)c1. The first-order valence-electron chi connectivity index (χ1n) is 13.5. The number of methoxy groups -OCH3 is 2. The number of hydrogen-bond donors (Lipinski definition) is 2. The average Bonchev–Trinajstić information content (AvgIpc) is 3.56. The number of rotatable bonds is 14. The predicted octanol–water partition coefficient (Wildman–Crippen LogP) is 2.72. The van der Waals surface area contributed by atoms with E-state index in [4.69, 9.17) is 18.9 Å². The number of benzene rings is 3. The molecular weight excluding hydrogens is 576 g/mol. The molecule has 2 amide bonds. The fourth-order valence-corrected chi connectivity index (χ4v) is 5.68. The molecule has 3 aromatic rings. The number of hydrazone groups is 1. The van der Waals surface area contributed by atoms with Crippen molar-refractivity contribution in [3.05, 3.63) is 78.4 Å². The fraction of sp³-hybridized carbons (Fsp3) is 0.300. The van der Waals surface area contributed by atoms with E-state index in [2.05, 4.69) is 15.8 Å². The van der Waals surface area contributed by atoms with Crippen LogP contribution in [0.25, 0.3) is 0 Å². The smallest absolute Gasteiger partial charge is 0.264 e. The van der Waals surface area contributed by atoms with Gasteiger partial charge in [0.2, 0.25) is 0 Å². The molecule has 13 heteroatoms. The van der Waals surface area contributed by atoms with Crippen LogP contribution in [-0.4, -0.2) is 73.1 Å². The van der Waals surface area contributed by atoms with Crippen LogP contribution < -0.4 is 29.3 Å². The molecule has 0 unspecified atom stereocenters. The Morgan fingerprint density at radius 2 is 1.74 bits per heavy atom. The zero-order valence-corrected chi connectivity index (χ0v) is 24.7. The molecule has 1 atom stereocenters. The molecule has 1 saturated heterocycles. The van der Waals surface area contributed by atoms with E-state index in [0.717, 1.165) is 23.8 Å². The highest BCUT2D eigenvalue weighted by Gasteiger charge is 2.30. The van der Waals surface area contributed by atoms with Gasteiger partial charge in [0, 0.05) is 19.2 Å². The Balaban J connectivity index is 1.38. The van der Waals surface area contributed by atoms with Crippen molar-refractivity contribution in [2.75, 3.05) is 44.8 Å². The monoisotopic (exact) mass is 610 g/mol. The molecular formula is C30H34N4O8S. The Kier molecular flexibility index (Phi) is 10.9. The highest BCUT2D eigenvalue weighted by Crippen LogP contribution is 2.35. The quantitative estimate of drug-likeness (QED) is 0.209. The van der Waals surface area contributed by atoms with Crippen molar-refractivity contribution < 1.29 is 37.0 Å². The Bertz CT molecular complexity index is 1510. The second kappa shape index (κ2) is 15.0. The summed E-state index contributed by atoms with van der Waals surface area (Å²) < 4.78 is 49.9. The zero-order chi connectivity index (χ0) is 30.7. The van der Waals surface area contributed by atoms with E-state index < -0.39 is 22.5 Å². The van der Waals surface area contributed by atoms with Crippen molar-refractivity contribution in [3.63, 3.8) is 0 Å². The van der Waals surface area contributed by atoms with E-state index >= 15 is 0 Å². The Morgan fingerprint density at radius 3 is 2.42 bits per heavy atom. The minimum Gasteiger partial charge on any atom is -0.497 e. The largest absolute Gasteiger partial charge is 0.497 e. The van der Waals surface area contributed by atoms with Gasteiger partial charge < -0.3 is 24.3 Å². The van der Waals surface area contributed by atoms with Gasteiger partial charge in [-0.1, -0.05) is 18.2 Å². The van der Waals surface area contributed by atoms with E-state index in [9.17, 15) is 18.0 Å². The summed E-state index contributed by atoms with van der Waals surface area (Å²) in [5.74, 6) is 0.184. The summed E-state index contributed by atoms with van der Waals surface area (Å²) in [6, 6.07) is 19.1. The molecule has 0 aromatic heterocycles. The third-order valence-electron chi connectivity index (χ3n) is 6.48. The first-order valence-corrected chi connectivity index (χ1v) is 15.0. The van der Waals surface area contributed by atoms with Gasteiger partial charge in [-0.05, 0) is 66.9 Å². The molecule has 4 rings (SSSR count). The molecule has 12 nitrogen and oxygen atoms in total. The molecule has 43 heavy (non-hydrogen) atoms. The van der Waals surface area contributed by atoms with Crippen molar-refractivity contribution in [2.24, 2.45) is 5.10 Å². The summed E-state index contributed by atoms with van der Waals surface area (Å²) in [6.07, 6.45) is 3.40. The molecule has 0 spiro atoms. The molecule has 0 radical (unpaired) electrons. The molecule has 228 valence electrons.